The van der Waals surface area contributed by atoms with Gasteiger partial charge in [0, 0.05) is 24.0 Å². The minimum atomic E-state index is -0.716. The number of nitrogens with zero attached hydrogens (tertiary/aromatic N) is 1. The van der Waals surface area contributed by atoms with Crippen molar-refractivity contribution >= 4 is 23.4 Å². The fourth-order valence-electron chi connectivity index (χ4n) is 4.63. The zero-order valence-corrected chi connectivity index (χ0v) is 21.8. The summed E-state index contributed by atoms with van der Waals surface area (Å²) < 4.78 is 11.0. The van der Waals surface area contributed by atoms with Crippen molar-refractivity contribution < 1.29 is 19.1 Å². The minimum absolute atomic E-state index is 0.138. The van der Waals surface area contributed by atoms with E-state index in [9.17, 15) is 9.59 Å². The molecular formula is C30H33ClN2O4. The van der Waals surface area contributed by atoms with Crippen molar-refractivity contribution in [3.8, 4) is 11.5 Å². The van der Waals surface area contributed by atoms with Crippen molar-refractivity contribution in [1.29, 1.82) is 0 Å². The fraction of sp³-hybridized carbons (Fsp3) is 0.333. The van der Waals surface area contributed by atoms with Crippen LogP contribution in [0.15, 0.2) is 78.9 Å². The van der Waals surface area contributed by atoms with Crippen LogP contribution in [0.2, 0.25) is 5.02 Å². The average molecular weight is 521 g/mol. The Morgan fingerprint density at radius 1 is 0.946 bits per heavy atom. The third-order valence-electron chi connectivity index (χ3n) is 6.69. The van der Waals surface area contributed by atoms with E-state index < -0.39 is 6.04 Å². The second-order valence-corrected chi connectivity index (χ2v) is 9.68. The number of amides is 2. The van der Waals surface area contributed by atoms with Crippen LogP contribution in [0, 0.1) is 0 Å². The summed E-state index contributed by atoms with van der Waals surface area (Å²) in [6.07, 6.45) is 4.52. The first-order valence-electron chi connectivity index (χ1n) is 12.7. The van der Waals surface area contributed by atoms with Crippen molar-refractivity contribution in [3.05, 3.63) is 95.0 Å². The van der Waals surface area contributed by atoms with Gasteiger partial charge in [0.2, 0.25) is 5.91 Å². The highest BCUT2D eigenvalue weighted by Gasteiger charge is 2.32. The third kappa shape index (κ3) is 7.49. The first-order valence-corrected chi connectivity index (χ1v) is 13.1. The molecule has 7 heteroatoms. The quantitative estimate of drug-likeness (QED) is 0.366. The molecule has 1 N–H and O–H groups in total. The Labute approximate surface area is 223 Å². The van der Waals surface area contributed by atoms with Gasteiger partial charge in [0.25, 0.3) is 5.91 Å². The summed E-state index contributed by atoms with van der Waals surface area (Å²) in [5, 5.41) is 3.75. The predicted molar refractivity (Wildman–Crippen MR) is 145 cm³/mol. The Bertz CT molecular complexity index is 1160. The van der Waals surface area contributed by atoms with Crippen molar-refractivity contribution in [3.63, 3.8) is 0 Å². The Balaban J connectivity index is 1.60. The zero-order chi connectivity index (χ0) is 26.0. The van der Waals surface area contributed by atoms with Gasteiger partial charge in [0.15, 0.2) is 6.61 Å². The molecule has 1 atom stereocenters. The summed E-state index contributed by atoms with van der Waals surface area (Å²) in [4.78, 5) is 29.0. The fourth-order valence-corrected chi connectivity index (χ4v) is 4.83. The normalized spacial score (nSPS) is 14.1. The highest BCUT2D eigenvalue weighted by molar-refractivity contribution is 6.31. The van der Waals surface area contributed by atoms with Crippen molar-refractivity contribution in [1.82, 2.24) is 10.2 Å². The molecule has 2 amide bonds. The maximum Gasteiger partial charge on any atom is 0.261 e. The Morgan fingerprint density at radius 2 is 1.59 bits per heavy atom. The van der Waals surface area contributed by atoms with Gasteiger partial charge in [-0.05, 0) is 54.3 Å². The summed E-state index contributed by atoms with van der Waals surface area (Å²) in [5.41, 5.74) is 1.75. The molecule has 3 aromatic carbocycles. The lowest BCUT2D eigenvalue weighted by Gasteiger charge is -2.32. The largest absolute Gasteiger partial charge is 0.497 e. The van der Waals surface area contributed by atoms with Crippen LogP contribution in [0.5, 0.6) is 11.5 Å². The smallest absolute Gasteiger partial charge is 0.261 e. The molecule has 1 saturated carbocycles. The van der Waals surface area contributed by atoms with Crippen LogP contribution in [0.25, 0.3) is 0 Å². The van der Waals surface area contributed by atoms with Gasteiger partial charge in [-0.15, -0.1) is 0 Å². The molecule has 6 nitrogen and oxygen atoms in total. The summed E-state index contributed by atoms with van der Waals surface area (Å²) in [6.45, 7) is -0.0150. The second-order valence-electron chi connectivity index (χ2n) is 9.27. The lowest BCUT2D eigenvalue weighted by Crippen LogP contribution is -2.53. The van der Waals surface area contributed by atoms with Crippen LogP contribution in [0.3, 0.4) is 0 Å². The van der Waals surface area contributed by atoms with Crippen LogP contribution < -0.4 is 14.8 Å². The Morgan fingerprint density at radius 3 is 2.27 bits per heavy atom. The molecule has 4 rings (SSSR count). The SMILES string of the molecule is COc1ccc(OCC(=O)N(Cc2ccccc2Cl)[C@@H](Cc2ccccc2)C(=O)NC2CCCC2)cc1. The number of nitrogens with one attached hydrogen (secondary N) is 1. The number of benzene rings is 3. The number of methoxy groups -OCH3 is 1. The van der Waals surface area contributed by atoms with Gasteiger partial charge < -0.3 is 19.7 Å². The maximum absolute atomic E-state index is 13.7. The number of carbonyl (C=O) groups is 2. The number of rotatable bonds is 11. The number of halogens is 1. The topological polar surface area (TPSA) is 67.9 Å². The first-order chi connectivity index (χ1) is 18.0. The monoisotopic (exact) mass is 520 g/mol. The number of carbonyl (C=O) groups excluding carboxylic acids is 2. The second kappa shape index (κ2) is 13.2. The molecule has 0 bridgehead atoms. The van der Waals surface area contributed by atoms with Crippen LogP contribution in [-0.2, 0) is 22.6 Å². The maximum atomic E-state index is 13.7. The van der Waals surface area contributed by atoms with Crippen LogP contribution in [-0.4, -0.2) is 42.5 Å². The van der Waals surface area contributed by atoms with E-state index in [0.717, 1.165) is 36.8 Å². The van der Waals surface area contributed by atoms with E-state index in [4.69, 9.17) is 21.1 Å². The molecule has 1 aliphatic carbocycles. The zero-order valence-electron chi connectivity index (χ0n) is 21.1. The van der Waals surface area contributed by atoms with Crippen LogP contribution >= 0.6 is 11.6 Å². The highest BCUT2D eigenvalue weighted by Crippen LogP contribution is 2.23. The van der Waals surface area contributed by atoms with Gasteiger partial charge >= 0.3 is 0 Å². The molecule has 37 heavy (non-hydrogen) atoms. The van der Waals surface area contributed by atoms with Crippen LogP contribution in [0.4, 0.5) is 0 Å². The van der Waals surface area contributed by atoms with Gasteiger partial charge in [-0.1, -0.05) is 73.0 Å². The number of hydrogen-bond donors (Lipinski definition) is 1. The molecular weight excluding hydrogens is 488 g/mol. The molecule has 1 aliphatic rings. The van der Waals surface area contributed by atoms with E-state index in [1.807, 2.05) is 48.5 Å². The van der Waals surface area contributed by atoms with Gasteiger partial charge in [-0.25, -0.2) is 0 Å². The molecule has 0 radical (unpaired) electrons. The van der Waals surface area contributed by atoms with Gasteiger partial charge in [-0.3, -0.25) is 9.59 Å². The van der Waals surface area contributed by atoms with Gasteiger partial charge in [0.05, 0.1) is 7.11 Å². The number of ether oxygens (including phenoxy) is 2. The van der Waals surface area contributed by atoms with E-state index in [1.165, 1.54) is 0 Å². The summed E-state index contributed by atoms with van der Waals surface area (Å²) in [7, 11) is 1.59. The van der Waals surface area contributed by atoms with Crippen molar-refractivity contribution in [2.24, 2.45) is 0 Å². The summed E-state index contributed by atoms with van der Waals surface area (Å²) >= 11 is 6.47. The first kappa shape index (κ1) is 26.6. The molecule has 194 valence electrons. The van der Waals surface area contributed by atoms with E-state index in [2.05, 4.69) is 5.32 Å². The predicted octanol–water partition coefficient (Wildman–Crippen LogP) is 5.43. The third-order valence-corrected chi connectivity index (χ3v) is 7.06. The lowest BCUT2D eigenvalue weighted by molar-refractivity contribution is -0.143. The number of hydrogen-bond acceptors (Lipinski definition) is 4. The molecule has 3 aromatic rings. The highest BCUT2D eigenvalue weighted by atomic mass is 35.5. The summed E-state index contributed by atoms with van der Waals surface area (Å²) in [5.74, 6) is 0.797. The Kier molecular flexibility index (Phi) is 9.44. The summed E-state index contributed by atoms with van der Waals surface area (Å²) in [6, 6.07) is 23.6. The molecule has 0 heterocycles. The van der Waals surface area contributed by atoms with E-state index >= 15 is 0 Å². The molecule has 0 aliphatic heterocycles. The van der Waals surface area contributed by atoms with Gasteiger partial charge in [0.1, 0.15) is 17.5 Å². The average Bonchev–Trinajstić information content (AvgIpc) is 3.44. The molecule has 0 saturated heterocycles. The van der Waals surface area contributed by atoms with Crippen LogP contribution in [0.1, 0.15) is 36.8 Å². The standard InChI is InChI=1S/C30H33ClN2O4/c1-36-25-15-17-26(18-16-25)37-21-29(34)33(20-23-11-5-8-14-27(23)31)28(19-22-9-3-2-4-10-22)30(35)32-24-12-6-7-13-24/h2-5,8-11,14-18,24,28H,6-7,12-13,19-21H2,1H3,(H,32,35)/t28-/m0/s1. The molecule has 0 aromatic heterocycles. The molecule has 1 fully saturated rings. The molecule has 0 unspecified atom stereocenters. The lowest BCUT2D eigenvalue weighted by atomic mass is 10.0. The van der Waals surface area contributed by atoms with Crippen molar-refractivity contribution in [2.75, 3.05) is 13.7 Å². The molecule has 0 spiro atoms. The van der Waals surface area contributed by atoms with E-state index in [-0.39, 0.29) is 31.0 Å². The van der Waals surface area contributed by atoms with Gasteiger partial charge in [-0.2, -0.15) is 0 Å². The van der Waals surface area contributed by atoms with E-state index in [0.29, 0.717) is 22.9 Å². The minimum Gasteiger partial charge on any atom is -0.497 e. The Hall–Kier alpha value is -3.51. The van der Waals surface area contributed by atoms with Crippen molar-refractivity contribution in [2.45, 2.75) is 50.7 Å². The van der Waals surface area contributed by atoms with E-state index in [1.54, 1.807) is 42.3 Å².